The lowest BCUT2D eigenvalue weighted by Gasteiger charge is -2.18. The molecule has 0 bridgehead atoms. The molecule has 1 aliphatic heterocycles. The van der Waals surface area contributed by atoms with Gasteiger partial charge in [0.2, 0.25) is 5.91 Å². The molecule has 0 unspecified atom stereocenters. The quantitative estimate of drug-likeness (QED) is 0.791. The summed E-state index contributed by atoms with van der Waals surface area (Å²) in [6, 6.07) is 9.86. The molecule has 1 aromatic carbocycles. The van der Waals surface area contributed by atoms with Crippen LogP contribution in [0.3, 0.4) is 0 Å². The zero-order valence-corrected chi connectivity index (χ0v) is 15.6. The molecule has 2 aromatic rings. The van der Waals surface area contributed by atoms with Crippen LogP contribution in [0.2, 0.25) is 0 Å². The lowest BCUT2D eigenvalue weighted by molar-refractivity contribution is -0.131. The first-order valence-electron chi connectivity index (χ1n) is 9.04. The molecule has 3 rings (SSSR count). The number of hydrogen-bond donors (Lipinski definition) is 0. The molecule has 0 spiro atoms. The van der Waals surface area contributed by atoms with Crippen molar-refractivity contribution >= 4 is 5.91 Å². The molecule has 0 aliphatic carbocycles. The summed E-state index contributed by atoms with van der Waals surface area (Å²) < 4.78 is 2.32. The first-order valence-corrected chi connectivity index (χ1v) is 9.04. The molecule has 27 heavy (non-hydrogen) atoms. The van der Waals surface area contributed by atoms with Gasteiger partial charge in [0.25, 0.3) is 5.56 Å². The maximum absolute atomic E-state index is 12.6. The van der Waals surface area contributed by atoms with E-state index in [4.69, 9.17) is 0 Å². The highest BCUT2D eigenvalue weighted by atomic mass is 16.2. The van der Waals surface area contributed by atoms with Crippen LogP contribution in [0.15, 0.2) is 33.9 Å². The number of nitriles is 1. The average Bonchev–Trinajstić information content (AvgIpc) is 3.15. The fraction of sp³-hybridized carbons (Fsp3) is 0.400. The smallest absolute Gasteiger partial charge is 0.331 e. The Kier molecular flexibility index (Phi) is 5.26. The number of likely N-dealkylation sites (N-methyl/N-ethyl adjacent to an activating group) is 1. The summed E-state index contributed by atoms with van der Waals surface area (Å²) in [5.74, 6) is -0.351. The summed E-state index contributed by atoms with van der Waals surface area (Å²) in [5.41, 5.74) is 1.46. The highest BCUT2D eigenvalue weighted by molar-refractivity contribution is 5.75. The second-order valence-corrected chi connectivity index (χ2v) is 6.78. The van der Waals surface area contributed by atoms with Gasteiger partial charge in [-0.05, 0) is 30.4 Å². The first-order chi connectivity index (χ1) is 13.0. The van der Waals surface area contributed by atoms with Crippen LogP contribution in [0.25, 0.3) is 0 Å². The summed E-state index contributed by atoms with van der Waals surface area (Å²) in [6.45, 7) is 2.56. The third-order valence-electron chi connectivity index (χ3n) is 5.01. The highest BCUT2D eigenvalue weighted by Gasteiger charge is 2.24. The maximum Gasteiger partial charge on any atom is 0.331 e. The van der Waals surface area contributed by atoms with Crippen molar-refractivity contribution in [1.29, 1.82) is 5.26 Å². The molecule has 0 saturated carbocycles. The van der Waals surface area contributed by atoms with Gasteiger partial charge in [0.1, 0.15) is 18.2 Å². The number of fused-ring (bicyclic) bond motifs is 1. The SMILES string of the molecule is CCc1ccc(CN(C)C(=O)Cn2c(=O)c(C#N)c3n(c2=O)CCC3)cc1. The Hall–Kier alpha value is -3.14. The zero-order chi connectivity index (χ0) is 19.6. The maximum atomic E-state index is 12.6. The van der Waals surface area contributed by atoms with Crippen LogP contribution in [0.4, 0.5) is 0 Å². The van der Waals surface area contributed by atoms with E-state index in [1.54, 1.807) is 7.05 Å². The van der Waals surface area contributed by atoms with E-state index in [-0.39, 0.29) is 18.0 Å². The van der Waals surface area contributed by atoms with Gasteiger partial charge in [-0.3, -0.25) is 14.2 Å². The Balaban J connectivity index is 1.82. The van der Waals surface area contributed by atoms with Crippen molar-refractivity contribution in [3.63, 3.8) is 0 Å². The van der Waals surface area contributed by atoms with Crippen LogP contribution in [0.1, 0.15) is 35.7 Å². The minimum atomic E-state index is -0.676. The van der Waals surface area contributed by atoms with Crippen molar-refractivity contribution < 1.29 is 4.79 Å². The summed E-state index contributed by atoms with van der Waals surface area (Å²) in [5, 5.41) is 9.30. The second-order valence-electron chi connectivity index (χ2n) is 6.78. The Morgan fingerprint density at radius 2 is 1.89 bits per heavy atom. The lowest BCUT2D eigenvalue weighted by Crippen LogP contribution is -2.45. The molecule has 2 heterocycles. The number of carbonyl (C=O) groups is 1. The van der Waals surface area contributed by atoms with Crippen LogP contribution >= 0.6 is 0 Å². The van der Waals surface area contributed by atoms with Crippen molar-refractivity contribution in [2.24, 2.45) is 0 Å². The normalized spacial score (nSPS) is 12.5. The van der Waals surface area contributed by atoms with Crippen molar-refractivity contribution in [2.45, 2.75) is 45.8 Å². The van der Waals surface area contributed by atoms with Crippen molar-refractivity contribution in [3.8, 4) is 6.07 Å². The zero-order valence-electron chi connectivity index (χ0n) is 15.6. The van der Waals surface area contributed by atoms with Gasteiger partial charge in [-0.1, -0.05) is 31.2 Å². The predicted octanol–water partition coefficient (Wildman–Crippen LogP) is 1.05. The molecule has 0 N–H and O–H groups in total. The van der Waals surface area contributed by atoms with E-state index in [1.807, 2.05) is 30.3 Å². The Morgan fingerprint density at radius 3 is 2.52 bits per heavy atom. The fourth-order valence-electron chi connectivity index (χ4n) is 3.39. The Bertz CT molecular complexity index is 1030. The van der Waals surface area contributed by atoms with E-state index in [9.17, 15) is 19.6 Å². The van der Waals surface area contributed by atoms with Gasteiger partial charge in [-0.15, -0.1) is 0 Å². The number of nitrogens with zero attached hydrogens (tertiary/aromatic N) is 4. The topological polar surface area (TPSA) is 88.1 Å². The summed E-state index contributed by atoms with van der Waals surface area (Å²) in [4.78, 5) is 39.2. The molecular weight excluding hydrogens is 344 g/mol. The van der Waals surface area contributed by atoms with Crippen molar-refractivity contribution in [1.82, 2.24) is 14.0 Å². The van der Waals surface area contributed by atoms with E-state index in [1.165, 1.54) is 15.0 Å². The van der Waals surface area contributed by atoms with Crippen LogP contribution in [-0.2, 0) is 37.3 Å². The van der Waals surface area contributed by atoms with Gasteiger partial charge >= 0.3 is 5.69 Å². The second kappa shape index (κ2) is 7.62. The first kappa shape index (κ1) is 18.6. The minimum absolute atomic E-state index is 0.0299. The van der Waals surface area contributed by atoms with Crippen LogP contribution in [-0.4, -0.2) is 27.0 Å². The fourth-order valence-corrected chi connectivity index (χ4v) is 3.39. The van der Waals surface area contributed by atoms with E-state index in [0.29, 0.717) is 25.2 Å². The largest absolute Gasteiger partial charge is 0.340 e. The van der Waals surface area contributed by atoms with Gasteiger partial charge in [-0.2, -0.15) is 5.26 Å². The van der Waals surface area contributed by atoms with Gasteiger partial charge in [-0.25, -0.2) is 9.36 Å². The van der Waals surface area contributed by atoms with E-state index in [2.05, 4.69) is 6.92 Å². The number of aromatic nitrogens is 2. The number of rotatable bonds is 5. The van der Waals surface area contributed by atoms with Gasteiger partial charge in [0.05, 0.1) is 0 Å². The standard InChI is InChI=1S/C20H22N4O3/c1-3-14-6-8-15(9-7-14)12-22(2)18(25)13-24-19(26)16(11-21)17-5-4-10-23(17)20(24)27/h6-9H,3-5,10,12-13H2,1-2H3. The summed E-state index contributed by atoms with van der Waals surface area (Å²) in [7, 11) is 1.64. The molecular formula is C20H22N4O3. The number of carbonyl (C=O) groups excluding carboxylic acids is 1. The number of benzene rings is 1. The molecule has 0 radical (unpaired) electrons. The average molecular weight is 366 g/mol. The molecule has 7 nitrogen and oxygen atoms in total. The third kappa shape index (κ3) is 3.56. The number of hydrogen-bond acceptors (Lipinski definition) is 4. The van der Waals surface area contributed by atoms with Crippen LogP contribution in [0.5, 0.6) is 0 Å². The van der Waals surface area contributed by atoms with Gasteiger partial charge < -0.3 is 4.90 Å². The molecule has 1 aromatic heterocycles. The minimum Gasteiger partial charge on any atom is -0.340 e. The van der Waals surface area contributed by atoms with Gasteiger partial charge in [0.15, 0.2) is 0 Å². The van der Waals surface area contributed by atoms with Gasteiger partial charge in [0, 0.05) is 25.8 Å². The van der Waals surface area contributed by atoms with E-state index < -0.39 is 11.2 Å². The van der Waals surface area contributed by atoms with E-state index in [0.717, 1.165) is 23.0 Å². The van der Waals surface area contributed by atoms with Crippen LogP contribution < -0.4 is 11.2 Å². The summed E-state index contributed by atoms with van der Waals surface area (Å²) >= 11 is 0. The van der Waals surface area contributed by atoms with E-state index >= 15 is 0 Å². The predicted molar refractivity (Wildman–Crippen MR) is 100 cm³/mol. The molecule has 0 fully saturated rings. The Labute approximate surface area is 157 Å². The highest BCUT2D eigenvalue weighted by Crippen LogP contribution is 2.13. The monoisotopic (exact) mass is 366 g/mol. The third-order valence-corrected chi connectivity index (χ3v) is 5.01. The molecule has 1 aliphatic rings. The van der Waals surface area contributed by atoms with Crippen molar-refractivity contribution in [2.75, 3.05) is 7.05 Å². The Morgan fingerprint density at radius 1 is 1.22 bits per heavy atom. The molecule has 0 saturated heterocycles. The lowest BCUT2D eigenvalue weighted by atomic mass is 10.1. The summed E-state index contributed by atoms with van der Waals surface area (Å²) in [6.07, 6.45) is 2.20. The molecule has 0 atom stereocenters. The molecule has 7 heteroatoms. The molecule has 1 amide bonds. The van der Waals surface area contributed by atoms with Crippen molar-refractivity contribution in [3.05, 3.63) is 67.5 Å². The number of aryl methyl sites for hydroxylation is 1. The number of amides is 1. The molecule has 140 valence electrons. The van der Waals surface area contributed by atoms with Crippen LogP contribution in [0, 0.1) is 11.3 Å².